The molecule has 1 aliphatic rings. The lowest BCUT2D eigenvalue weighted by Gasteiger charge is -2.35. The molecule has 1 heterocycles. The van der Waals surface area contributed by atoms with Crippen molar-refractivity contribution < 1.29 is 4.74 Å². The van der Waals surface area contributed by atoms with Gasteiger partial charge in [-0.1, -0.05) is 54.1 Å². The number of aliphatic imine (C=N–C) groups is 1. The topological polar surface area (TPSA) is 48.9 Å². The van der Waals surface area contributed by atoms with Crippen LogP contribution in [0.4, 0.5) is 0 Å². The summed E-state index contributed by atoms with van der Waals surface area (Å²) in [6.07, 6.45) is 0.572. The van der Waals surface area contributed by atoms with Crippen LogP contribution in [0.25, 0.3) is 0 Å². The van der Waals surface area contributed by atoms with Crippen molar-refractivity contribution in [2.24, 2.45) is 4.99 Å². The Morgan fingerprint density at radius 2 is 1.57 bits per heavy atom. The van der Waals surface area contributed by atoms with Crippen molar-refractivity contribution in [3.8, 4) is 0 Å². The Morgan fingerprint density at radius 3 is 2.20 bits per heavy atom. The molecule has 164 valence electrons. The van der Waals surface area contributed by atoms with E-state index in [4.69, 9.17) is 4.74 Å². The van der Waals surface area contributed by atoms with Gasteiger partial charge in [-0.25, -0.2) is 0 Å². The van der Waals surface area contributed by atoms with Gasteiger partial charge in [0.15, 0.2) is 5.96 Å². The van der Waals surface area contributed by atoms with Crippen LogP contribution in [0.1, 0.15) is 36.1 Å². The van der Waals surface area contributed by atoms with E-state index in [1.165, 1.54) is 22.3 Å². The largest absolute Gasteiger partial charge is 0.373 e. The maximum atomic E-state index is 5.87. The molecule has 6 heteroatoms. The van der Waals surface area contributed by atoms with E-state index in [-0.39, 0.29) is 36.2 Å². The molecule has 0 amide bonds. The van der Waals surface area contributed by atoms with E-state index >= 15 is 0 Å². The second-order valence-corrected chi connectivity index (χ2v) is 7.99. The zero-order chi connectivity index (χ0) is 20.6. The molecule has 0 saturated carbocycles. The normalized spacial score (nSPS) is 19.8. The Bertz CT molecular complexity index is 799. The fourth-order valence-electron chi connectivity index (χ4n) is 3.83. The van der Waals surface area contributed by atoms with Crippen LogP contribution in [0.2, 0.25) is 0 Å². The van der Waals surface area contributed by atoms with Gasteiger partial charge in [0.1, 0.15) is 0 Å². The lowest BCUT2D eigenvalue weighted by Crippen LogP contribution is -2.45. The minimum absolute atomic E-state index is 0. The van der Waals surface area contributed by atoms with Gasteiger partial charge in [0.05, 0.1) is 12.2 Å². The fourth-order valence-corrected chi connectivity index (χ4v) is 3.83. The Labute approximate surface area is 198 Å². The van der Waals surface area contributed by atoms with Crippen molar-refractivity contribution in [1.82, 2.24) is 15.5 Å². The quantitative estimate of drug-likeness (QED) is 0.341. The van der Waals surface area contributed by atoms with Crippen LogP contribution in [0, 0.1) is 6.92 Å². The summed E-state index contributed by atoms with van der Waals surface area (Å²) in [5, 5.41) is 6.86. The van der Waals surface area contributed by atoms with Crippen molar-refractivity contribution in [2.75, 3.05) is 20.1 Å². The molecule has 0 aromatic heterocycles. The molecule has 2 unspecified atom stereocenters. The van der Waals surface area contributed by atoms with E-state index in [9.17, 15) is 0 Å². The first-order chi connectivity index (χ1) is 14.0. The third-order valence-electron chi connectivity index (χ3n) is 5.26. The first-order valence-corrected chi connectivity index (χ1v) is 10.5. The van der Waals surface area contributed by atoms with Crippen LogP contribution in [-0.4, -0.2) is 43.2 Å². The number of guanidine groups is 1. The molecular weight excluding hydrogens is 487 g/mol. The molecule has 0 radical (unpaired) electrons. The highest BCUT2D eigenvalue weighted by Gasteiger charge is 2.22. The molecule has 1 aliphatic heterocycles. The second kappa shape index (κ2) is 12.3. The summed E-state index contributed by atoms with van der Waals surface area (Å²) in [5.74, 6) is 0.814. The van der Waals surface area contributed by atoms with Crippen LogP contribution < -0.4 is 10.6 Å². The van der Waals surface area contributed by atoms with Crippen molar-refractivity contribution in [3.05, 3.63) is 70.8 Å². The number of hydrogen-bond acceptors (Lipinski definition) is 3. The summed E-state index contributed by atoms with van der Waals surface area (Å²) in [6, 6.07) is 17.2. The highest BCUT2D eigenvalue weighted by molar-refractivity contribution is 14.0. The van der Waals surface area contributed by atoms with Gasteiger partial charge >= 0.3 is 0 Å². The summed E-state index contributed by atoms with van der Waals surface area (Å²) >= 11 is 0. The number of ether oxygens (including phenoxy) is 1. The Morgan fingerprint density at radius 1 is 0.967 bits per heavy atom. The van der Waals surface area contributed by atoms with Gasteiger partial charge in [-0.05, 0) is 37.5 Å². The predicted octanol–water partition coefficient (Wildman–Crippen LogP) is 4.09. The molecule has 0 aliphatic carbocycles. The highest BCUT2D eigenvalue weighted by Crippen LogP contribution is 2.17. The highest BCUT2D eigenvalue weighted by atomic mass is 127. The Hall–Kier alpha value is -1.64. The molecule has 1 saturated heterocycles. The first-order valence-electron chi connectivity index (χ1n) is 10.5. The first kappa shape index (κ1) is 24.6. The summed E-state index contributed by atoms with van der Waals surface area (Å²) in [7, 11) is 1.81. The molecule has 0 bridgehead atoms. The molecule has 0 spiro atoms. The lowest BCUT2D eigenvalue weighted by atomic mass is 10.1. The molecule has 2 aromatic carbocycles. The number of halogens is 1. The number of hydrogen-bond donors (Lipinski definition) is 2. The van der Waals surface area contributed by atoms with Crippen LogP contribution in [0.5, 0.6) is 0 Å². The average molecular weight is 522 g/mol. The van der Waals surface area contributed by atoms with Gasteiger partial charge in [-0.3, -0.25) is 9.89 Å². The van der Waals surface area contributed by atoms with E-state index in [1.54, 1.807) is 0 Å². The molecule has 2 aromatic rings. The predicted molar refractivity (Wildman–Crippen MR) is 135 cm³/mol. The van der Waals surface area contributed by atoms with Gasteiger partial charge in [0.25, 0.3) is 0 Å². The van der Waals surface area contributed by atoms with Gasteiger partial charge in [-0.15, -0.1) is 24.0 Å². The fraction of sp³-hybridized carbons (Fsp3) is 0.458. The minimum atomic E-state index is 0. The van der Waals surface area contributed by atoms with Crippen molar-refractivity contribution in [3.63, 3.8) is 0 Å². The second-order valence-electron chi connectivity index (χ2n) is 7.99. The smallest absolute Gasteiger partial charge is 0.191 e. The molecule has 1 fully saturated rings. The third kappa shape index (κ3) is 7.56. The number of rotatable bonds is 6. The average Bonchev–Trinajstić information content (AvgIpc) is 2.70. The summed E-state index contributed by atoms with van der Waals surface area (Å²) in [5.41, 5.74) is 5.18. The Balaban J connectivity index is 0.00000320. The lowest BCUT2D eigenvalue weighted by molar-refractivity contribution is -0.0705. The van der Waals surface area contributed by atoms with Gasteiger partial charge in [0, 0.05) is 39.8 Å². The number of aryl methyl sites for hydroxylation is 1. The van der Waals surface area contributed by atoms with E-state index in [1.807, 2.05) is 7.05 Å². The standard InChI is InChI=1S/C24H34N4O.HI/c1-18-9-11-21(12-10-18)13-26-24(25-4)27-14-22-7-5-6-8-23(22)17-28-15-19(2)29-20(3)16-28;/h5-12,19-20H,13-17H2,1-4H3,(H2,25,26,27);1H. The van der Waals surface area contributed by atoms with Crippen molar-refractivity contribution in [2.45, 2.75) is 52.6 Å². The van der Waals surface area contributed by atoms with E-state index in [0.717, 1.165) is 38.7 Å². The number of benzene rings is 2. The summed E-state index contributed by atoms with van der Waals surface area (Å²) < 4.78 is 5.87. The maximum Gasteiger partial charge on any atom is 0.191 e. The SMILES string of the molecule is CN=C(NCc1ccc(C)cc1)NCc1ccccc1CN1CC(C)OC(C)C1.I. The number of nitrogens with zero attached hydrogens (tertiary/aromatic N) is 2. The summed E-state index contributed by atoms with van der Waals surface area (Å²) in [4.78, 5) is 6.86. The van der Waals surface area contributed by atoms with E-state index < -0.39 is 0 Å². The van der Waals surface area contributed by atoms with Crippen LogP contribution in [0.3, 0.4) is 0 Å². The van der Waals surface area contributed by atoms with Crippen molar-refractivity contribution in [1.29, 1.82) is 0 Å². The minimum Gasteiger partial charge on any atom is -0.373 e. The monoisotopic (exact) mass is 522 g/mol. The number of nitrogens with one attached hydrogen (secondary N) is 2. The zero-order valence-electron chi connectivity index (χ0n) is 18.5. The molecular formula is C24H35IN4O. The molecule has 30 heavy (non-hydrogen) atoms. The van der Waals surface area contributed by atoms with Crippen molar-refractivity contribution >= 4 is 29.9 Å². The molecule has 3 rings (SSSR count). The van der Waals surface area contributed by atoms with Crippen LogP contribution in [-0.2, 0) is 24.4 Å². The van der Waals surface area contributed by atoms with Gasteiger partial charge in [0.2, 0.25) is 0 Å². The number of morpholine rings is 1. The third-order valence-corrected chi connectivity index (χ3v) is 5.26. The van der Waals surface area contributed by atoms with E-state index in [0.29, 0.717) is 0 Å². The van der Waals surface area contributed by atoms with E-state index in [2.05, 4.69) is 89.8 Å². The van der Waals surface area contributed by atoms with Gasteiger partial charge < -0.3 is 15.4 Å². The molecule has 2 N–H and O–H groups in total. The Kier molecular flexibility index (Phi) is 10.1. The van der Waals surface area contributed by atoms with Crippen LogP contribution >= 0.6 is 24.0 Å². The summed E-state index contributed by atoms with van der Waals surface area (Å²) in [6.45, 7) is 10.8. The molecule has 5 nitrogen and oxygen atoms in total. The van der Waals surface area contributed by atoms with Crippen LogP contribution in [0.15, 0.2) is 53.5 Å². The zero-order valence-corrected chi connectivity index (χ0v) is 20.9. The molecule has 2 atom stereocenters. The maximum absolute atomic E-state index is 5.87. The van der Waals surface area contributed by atoms with Gasteiger partial charge in [-0.2, -0.15) is 0 Å².